The van der Waals surface area contributed by atoms with Gasteiger partial charge in [-0.25, -0.2) is 0 Å². The Bertz CT molecular complexity index is 320. The number of nitrogens with two attached hydrogens (primary N) is 1. The Morgan fingerprint density at radius 2 is 2.15 bits per heavy atom. The van der Waals surface area contributed by atoms with E-state index >= 15 is 0 Å². The van der Waals surface area contributed by atoms with Crippen LogP contribution in [0.5, 0.6) is 0 Å². The Hall–Kier alpha value is -0.0500. The number of hydrogen-bond acceptors (Lipinski definition) is 2. The van der Waals surface area contributed by atoms with Gasteiger partial charge in [-0.1, -0.05) is 11.6 Å². The first-order chi connectivity index (χ1) is 5.97. The molecule has 1 nitrogen and oxygen atoms in total. The van der Waals surface area contributed by atoms with E-state index in [0.29, 0.717) is 0 Å². The summed E-state index contributed by atoms with van der Waals surface area (Å²) < 4.78 is 0. The fraction of sp³-hybridized carbons (Fsp3) is 0.600. The van der Waals surface area contributed by atoms with Gasteiger partial charge in [0.2, 0.25) is 0 Å². The van der Waals surface area contributed by atoms with Crippen molar-refractivity contribution >= 4 is 22.9 Å². The second-order valence-corrected chi connectivity index (χ2v) is 5.72. The molecule has 13 heavy (non-hydrogen) atoms. The van der Waals surface area contributed by atoms with Crippen molar-refractivity contribution in [3.63, 3.8) is 0 Å². The molecule has 0 radical (unpaired) electrons. The summed E-state index contributed by atoms with van der Waals surface area (Å²) >= 11 is 7.86. The highest BCUT2D eigenvalue weighted by molar-refractivity contribution is 7.10. The Morgan fingerprint density at radius 1 is 1.54 bits per heavy atom. The van der Waals surface area contributed by atoms with Gasteiger partial charge in [0.1, 0.15) is 0 Å². The molecule has 1 aliphatic rings. The molecule has 1 aromatic rings. The molecule has 1 saturated carbocycles. The van der Waals surface area contributed by atoms with E-state index in [1.165, 1.54) is 17.7 Å². The molecule has 2 N–H and O–H groups in total. The molecule has 1 aromatic heterocycles. The van der Waals surface area contributed by atoms with Crippen LogP contribution in [0.2, 0.25) is 5.02 Å². The van der Waals surface area contributed by atoms with E-state index in [4.69, 9.17) is 17.3 Å². The molecule has 0 atom stereocenters. The first kappa shape index (κ1) is 9.50. The van der Waals surface area contributed by atoms with Crippen molar-refractivity contribution in [1.82, 2.24) is 0 Å². The molecule has 0 aromatic carbocycles. The maximum Gasteiger partial charge on any atom is 0.0551 e. The van der Waals surface area contributed by atoms with Gasteiger partial charge in [-0.2, -0.15) is 0 Å². The fourth-order valence-corrected chi connectivity index (χ4v) is 3.59. The fourth-order valence-electron chi connectivity index (χ4n) is 1.92. The van der Waals surface area contributed by atoms with Crippen molar-refractivity contribution in [3.05, 3.63) is 21.3 Å². The van der Waals surface area contributed by atoms with E-state index in [2.05, 4.69) is 13.8 Å². The lowest BCUT2D eigenvalue weighted by Crippen LogP contribution is -2.44. The Balaban J connectivity index is 2.42. The molecule has 1 heterocycles. The SMILES string of the molecule is CC(C)(N)C1(c2sccc2Cl)CC1. The van der Waals surface area contributed by atoms with Crippen molar-refractivity contribution in [2.75, 3.05) is 0 Å². The van der Waals surface area contributed by atoms with Crippen molar-refractivity contribution in [1.29, 1.82) is 0 Å². The lowest BCUT2D eigenvalue weighted by molar-refractivity contribution is 0.397. The van der Waals surface area contributed by atoms with Crippen LogP contribution in [-0.2, 0) is 5.41 Å². The van der Waals surface area contributed by atoms with Crippen LogP contribution < -0.4 is 5.73 Å². The predicted octanol–water partition coefficient (Wildman–Crippen LogP) is 3.17. The van der Waals surface area contributed by atoms with Crippen LogP contribution >= 0.6 is 22.9 Å². The van der Waals surface area contributed by atoms with E-state index in [1.807, 2.05) is 11.4 Å². The molecule has 0 aliphatic heterocycles. The molecule has 1 fully saturated rings. The number of rotatable bonds is 2. The minimum absolute atomic E-state index is 0.151. The maximum absolute atomic E-state index is 6.18. The number of thiophene rings is 1. The summed E-state index contributed by atoms with van der Waals surface area (Å²) in [5.41, 5.74) is 6.20. The molecule has 72 valence electrons. The molecular weight excluding hydrogens is 202 g/mol. The molecule has 0 saturated heterocycles. The van der Waals surface area contributed by atoms with Crippen LogP contribution in [0.3, 0.4) is 0 Å². The van der Waals surface area contributed by atoms with Gasteiger partial charge in [-0.05, 0) is 38.1 Å². The van der Waals surface area contributed by atoms with Crippen molar-refractivity contribution in [3.8, 4) is 0 Å². The Kier molecular flexibility index (Phi) is 1.99. The highest BCUT2D eigenvalue weighted by atomic mass is 35.5. The third-order valence-electron chi connectivity index (χ3n) is 3.04. The summed E-state index contributed by atoms with van der Waals surface area (Å²) in [4.78, 5) is 1.28. The lowest BCUT2D eigenvalue weighted by Gasteiger charge is -2.30. The third-order valence-corrected chi connectivity index (χ3v) is 4.58. The van der Waals surface area contributed by atoms with Crippen LogP contribution in [0.25, 0.3) is 0 Å². The quantitative estimate of drug-likeness (QED) is 0.806. The van der Waals surface area contributed by atoms with Gasteiger partial charge in [0, 0.05) is 15.8 Å². The standard InChI is InChI=1S/C10H14ClNS/c1-9(2,12)10(4-5-10)8-7(11)3-6-13-8/h3,6H,4-5,12H2,1-2H3. The van der Waals surface area contributed by atoms with E-state index in [9.17, 15) is 0 Å². The van der Waals surface area contributed by atoms with Crippen LogP contribution in [0.4, 0.5) is 0 Å². The highest BCUT2D eigenvalue weighted by Gasteiger charge is 2.55. The molecular formula is C10H14ClNS. The highest BCUT2D eigenvalue weighted by Crippen LogP contribution is 2.57. The van der Waals surface area contributed by atoms with Crippen LogP contribution in [-0.4, -0.2) is 5.54 Å². The third kappa shape index (κ3) is 1.32. The Morgan fingerprint density at radius 3 is 2.46 bits per heavy atom. The number of halogens is 1. The zero-order valence-electron chi connectivity index (χ0n) is 7.93. The smallest absolute Gasteiger partial charge is 0.0551 e. The van der Waals surface area contributed by atoms with Crippen LogP contribution in [0.1, 0.15) is 31.6 Å². The summed E-state index contributed by atoms with van der Waals surface area (Å²) in [5.74, 6) is 0. The van der Waals surface area contributed by atoms with E-state index in [-0.39, 0.29) is 11.0 Å². The summed E-state index contributed by atoms with van der Waals surface area (Å²) in [6, 6.07) is 1.97. The largest absolute Gasteiger partial charge is 0.325 e. The van der Waals surface area contributed by atoms with Crippen molar-refractivity contribution in [2.24, 2.45) is 5.73 Å². The first-order valence-electron chi connectivity index (χ1n) is 4.50. The zero-order valence-corrected chi connectivity index (χ0v) is 9.50. The molecule has 2 rings (SSSR count). The summed E-state index contributed by atoms with van der Waals surface area (Å²) in [6.45, 7) is 4.19. The molecule has 1 aliphatic carbocycles. The molecule has 0 amide bonds. The summed E-state index contributed by atoms with van der Waals surface area (Å²) in [6.07, 6.45) is 2.35. The molecule has 0 unspecified atom stereocenters. The minimum Gasteiger partial charge on any atom is -0.325 e. The van der Waals surface area contributed by atoms with Gasteiger partial charge >= 0.3 is 0 Å². The van der Waals surface area contributed by atoms with Gasteiger partial charge in [0.15, 0.2) is 0 Å². The van der Waals surface area contributed by atoms with Crippen LogP contribution in [0.15, 0.2) is 11.4 Å². The average molecular weight is 216 g/mol. The normalized spacial score (nSPS) is 20.3. The van der Waals surface area contributed by atoms with Crippen LogP contribution in [0, 0.1) is 0 Å². The lowest BCUT2D eigenvalue weighted by atomic mass is 9.84. The van der Waals surface area contributed by atoms with Crippen molar-refractivity contribution < 1.29 is 0 Å². The summed E-state index contributed by atoms with van der Waals surface area (Å²) in [5, 5.41) is 2.93. The van der Waals surface area contributed by atoms with E-state index in [1.54, 1.807) is 11.3 Å². The maximum atomic E-state index is 6.18. The van der Waals surface area contributed by atoms with Gasteiger partial charge in [-0.3, -0.25) is 0 Å². The topological polar surface area (TPSA) is 26.0 Å². The van der Waals surface area contributed by atoms with Gasteiger partial charge in [0.25, 0.3) is 0 Å². The average Bonchev–Trinajstić information content (AvgIpc) is 2.70. The summed E-state index contributed by atoms with van der Waals surface area (Å²) in [7, 11) is 0. The molecule has 3 heteroatoms. The van der Waals surface area contributed by atoms with Gasteiger partial charge in [-0.15, -0.1) is 11.3 Å². The Labute approximate surface area is 87.9 Å². The monoisotopic (exact) mass is 215 g/mol. The number of hydrogen-bond donors (Lipinski definition) is 1. The second-order valence-electron chi connectivity index (χ2n) is 4.40. The van der Waals surface area contributed by atoms with E-state index < -0.39 is 0 Å². The van der Waals surface area contributed by atoms with Gasteiger partial charge < -0.3 is 5.73 Å². The van der Waals surface area contributed by atoms with E-state index in [0.717, 1.165) is 5.02 Å². The molecule has 0 spiro atoms. The minimum atomic E-state index is -0.151. The molecule has 0 bridgehead atoms. The van der Waals surface area contributed by atoms with Crippen molar-refractivity contribution in [2.45, 2.75) is 37.6 Å². The second kappa shape index (κ2) is 2.72. The van der Waals surface area contributed by atoms with Gasteiger partial charge in [0.05, 0.1) is 5.02 Å². The zero-order chi connectivity index (χ0) is 9.69. The first-order valence-corrected chi connectivity index (χ1v) is 5.75. The predicted molar refractivity (Wildman–Crippen MR) is 58.5 cm³/mol.